The Labute approximate surface area is 75.1 Å². The maximum atomic E-state index is 12.6. The summed E-state index contributed by atoms with van der Waals surface area (Å²) < 4.78 is 18.0. The Morgan fingerprint density at radius 2 is 2.33 bits per heavy atom. The van der Waals surface area contributed by atoms with Crippen LogP contribution in [0, 0.1) is 11.9 Å². The van der Waals surface area contributed by atoms with Crippen LogP contribution in [0.25, 0.3) is 0 Å². The van der Waals surface area contributed by atoms with Crippen LogP contribution in [0.15, 0.2) is 12.1 Å². The molecule has 0 bridgehead atoms. The van der Waals surface area contributed by atoms with E-state index in [2.05, 4.69) is 6.07 Å². The van der Waals surface area contributed by atoms with Crippen molar-refractivity contribution in [3.63, 3.8) is 0 Å². The van der Waals surface area contributed by atoms with Gasteiger partial charge in [0.1, 0.15) is 11.6 Å². The third-order valence-electron chi connectivity index (χ3n) is 1.65. The van der Waals surface area contributed by atoms with Gasteiger partial charge in [-0.3, -0.25) is 0 Å². The van der Waals surface area contributed by atoms with Crippen molar-refractivity contribution in [3.05, 3.63) is 29.0 Å². The molecule has 0 N–H and O–H groups in total. The van der Waals surface area contributed by atoms with Crippen LogP contribution >= 0.6 is 11.6 Å². The van der Waals surface area contributed by atoms with E-state index in [0.29, 0.717) is 11.9 Å². The molecule has 0 spiro atoms. The minimum Gasteiger partial charge on any atom is -0.490 e. The molecule has 1 aromatic rings. The molecule has 1 fully saturated rings. The number of hydrogen-bond acceptors (Lipinski definition) is 1. The standard InChI is InChI=1S/C9H7ClFO/c10-8-5-7(3-4-9(8)11)12-6-1-2-6/h4-6H,1-2H2. The fourth-order valence-electron chi connectivity index (χ4n) is 0.863. The van der Waals surface area contributed by atoms with E-state index in [1.54, 1.807) is 0 Å². The molecule has 1 aromatic carbocycles. The molecule has 0 aromatic heterocycles. The summed E-state index contributed by atoms with van der Waals surface area (Å²) in [6.45, 7) is 0. The van der Waals surface area contributed by atoms with Gasteiger partial charge < -0.3 is 4.74 Å². The lowest BCUT2D eigenvalue weighted by molar-refractivity contribution is 0.302. The Hall–Kier alpha value is -0.760. The summed E-state index contributed by atoms with van der Waals surface area (Å²) >= 11 is 5.54. The zero-order valence-corrected chi connectivity index (χ0v) is 7.07. The van der Waals surface area contributed by atoms with Crippen molar-refractivity contribution in [2.75, 3.05) is 0 Å². The molecule has 0 heterocycles. The van der Waals surface area contributed by atoms with E-state index in [1.807, 2.05) is 0 Å². The van der Waals surface area contributed by atoms with Gasteiger partial charge in [0, 0.05) is 12.1 Å². The van der Waals surface area contributed by atoms with Crippen molar-refractivity contribution in [1.82, 2.24) is 0 Å². The van der Waals surface area contributed by atoms with E-state index in [1.165, 1.54) is 12.1 Å². The molecule has 1 nitrogen and oxygen atoms in total. The quantitative estimate of drug-likeness (QED) is 0.689. The van der Waals surface area contributed by atoms with Crippen molar-refractivity contribution in [2.24, 2.45) is 0 Å². The zero-order chi connectivity index (χ0) is 8.55. The maximum absolute atomic E-state index is 12.6. The zero-order valence-electron chi connectivity index (χ0n) is 6.31. The van der Waals surface area contributed by atoms with Crippen molar-refractivity contribution in [3.8, 4) is 5.75 Å². The second-order valence-corrected chi connectivity index (χ2v) is 3.22. The summed E-state index contributed by atoms with van der Waals surface area (Å²) in [5, 5.41) is 0.0874. The second kappa shape index (κ2) is 2.94. The highest BCUT2D eigenvalue weighted by Crippen LogP contribution is 2.28. The van der Waals surface area contributed by atoms with E-state index < -0.39 is 5.82 Å². The molecule has 1 radical (unpaired) electrons. The van der Waals surface area contributed by atoms with Gasteiger partial charge >= 0.3 is 0 Å². The first-order valence-corrected chi connectivity index (χ1v) is 4.17. The van der Waals surface area contributed by atoms with Crippen LogP contribution in [0.4, 0.5) is 4.39 Å². The minimum absolute atomic E-state index is 0.0874. The van der Waals surface area contributed by atoms with Crippen molar-refractivity contribution < 1.29 is 9.13 Å². The molecule has 3 heteroatoms. The third kappa shape index (κ3) is 1.69. The Morgan fingerprint density at radius 3 is 2.92 bits per heavy atom. The molecule has 0 atom stereocenters. The normalized spacial score (nSPS) is 16.2. The number of halogens is 2. The summed E-state index contributed by atoms with van der Waals surface area (Å²) in [4.78, 5) is 0. The van der Waals surface area contributed by atoms with Crippen LogP contribution in [0.5, 0.6) is 5.75 Å². The van der Waals surface area contributed by atoms with Crippen LogP contribution in [-0.4, -0.2) is 6.10 Å². The first-order valence-electron chi connectivity index (χ1n) is 3.79. The van der Waals surface area contributed by atoms with Gasteiger partial charge in [0.25, 0.3) is 0 Å². The fourth-order valence-corrected chi connectivity index (χ4v) is 1.02. The van der Waals surface area contributed by atoms with Gasteiger partial charge in [-0.1, -0.05) is 11.6 Å². The van der Waals surface area contributed by atoms with Crippen molar-refractivity contribution >= 4 is 11.6 Å². The highest BCUT2D eigenvalue weighted by Gasteiger charge is 2.23. The van der Waals surface area contributed by atoms with Gasteiger partial charge in [0.05, 0.1) is 11.1 Å². The number of hydrogen-bond donors (Lipinski definition) is 0. The number of benzene rings is 1. The predicted octanol–water partition coefficient (Wildman–Crippen LogP) is 2.82. The number of rotatable bonds is 2. The van der Waals surface area contributed by atoms with Crippen molar-refractivity contribution in [1.29, 1.82) is 0 Å². The van der Waals surface area contributed by atoms with Crippen LogP contribution in [0.3, 0.4) is 0 Å². The summed E-state index contributed by atoms with van der Waals surface area (Å²) in [5.41, 5.74) is 0. The Balaban J connectivity index is 2.15. The summed E-state index contributed by atoms with van der Waals surface area (Å²) in [6, 6.07) is 5.32. The molecule has 63 valence electrons. The van der Waals surface area contributed by atoms with Crippen LogP contribution in [0.1, 0.15) is 12.8 Å². The van der Waals surface area contributed by atoms with E-state index in [-0.39, 0.29) is 5.02 Å². The third-order valence-corrected chi connectivity index (χ3v) is 1.93. The average Bonchev–Trinajstić information content (AvgIpc) is 2.81. The highest BCUT2D eigenvalue weighted by atomic mass is 35.5. The lowest BCUT2D eigenvalue weighted by Gasteiger charge is -2.03. The molecule has 1 saturated carbocycles. The maximum Gasteiger partial charge on any atom is 0.142 e. The van der Waals surface area contributed by atoms with E-state index in [9.17, 15) is 4.39 Å². The van der Waals surface area contributed by atoms with Gasteiger partial charge in [-0.15, -0.1) is 0 Å². The average molecular weight is 186 g/mol. The summed E-state index contributed by atoms with van der Waals surface area (Å²) in [5.74, 6) is 0.0729. The SMILES string of the molecule is Fc1c[c]c(OC2CC2)cc1Cl. The first-order chi connectivity index (χ1) is 5.75. The molecule has 1 aliphatic rings. The highest BCUT2D eigenvalue weighted by molar-refractivity contribution is 6.30. The first kappa shape index (κ1) is 7.87. The van der Waals surface area contributed by atoms with Gasteiger partial charge in [-0.05, 0) is 18.9 Å². The molecule has 0 amide bonds. The molecule has 2 rings (SSSR count). The molecule has 0 aliphatic heterocycles. The molecule has 0 unspecified atom stereocenters. The molecular formula is C9H7ClFO. The lowest BCUT2D eigenvalue weighted by atomic mass is 10.3. The lowest BCUT2D eigenvalue weighted by Crippen LogP contribution is -1.95. The topological polar surface area (TPSA) is 9.23 Å². The van der Waals surface area contributed by atoms with Gasteiger partial charge in [-0.25, -0.2) is 4.39 Å². The Bertz CT molecular complexity index is 297. The Kier molecular flexibility index (Phi) is 1.93. The van der Waals surface area contributed by atoms with Crippen LogP contribution in [0.2, 0.25) is 5.02 Å². The van der Waals surface area contributed by atoms with Crippen LogP contribution in [-0.2, 0) is 0 Å². The molecule has 12 heavy (non-hydrogen) atoms. The fraction of sp³-hybridized carbons (Fsp3) is 0.333. The molecule has 0 saturated heterocycles. The minimum atomic E-state index is -0.459. The van der Waals surface area contributed by atoms with E-state index in [0.717, 1.165) is 12.8 Å². The summed E-state index contributed by atoms with van der Waals surface area (Å²) in [7, 11) is 0. The monoisotopic (exact) mass is 185 g/mol. The van der Waals surface area contributed by atoms with Gasteiger partial charge in [0.15, 0.2) is 0 Å². The molecular weight excluding hydrogens is 179 g/mol. The summed E-state index contributed by atoms with van der Waals surface area (Å²) in [6.07, 6.45) is 2.44. The Morgan fingerprint density at radius 1 is 1.58 bits per heavy atom. The van der Waals surface area contributed by atoms with E-state index >= 15 is 0 Å². The second-order valence-electron chi connectivity index (χ2n) is 2.81. The predicted molar refractivity (Wildman–Crippen MR) is 43.9 cm³/mol. The van der Waals surface area contributed by atoms with Gasteiger partial charge in [0.2, 0.25) is 0 Å². The number of ether oxygens (including phenoxy) is 1. The molecule has 1 aliphatic carbocycles. The smallest absolute Gasteiger partial charge is 0.142 e. The largest absolute Gasteiger partial charge is 0.490 e. The van der Waals surface area contributed by atoms with Crippen molar-refractivity contribution in [2.45, 2.75) is 18.9 Å². The van der Waals surface area contributed by atoms with Crippen LogP contribution < -0.4 is 4.74 Å². The van der Waals surface area contributed by atoms with E-state index in [4.69, 9.17) is 16.3 Å². The van der Waals surface area contributed by atoms with Gasteiger partial charge in [-0.2, -0.15) is 0 Å².